The van der Waals surface area contributed by atoms with E-state index in [-0.39, 0.29) is 5.48 Å². The molecule has 0 aliphatic heterocycles. The van der Waals surface area contributed by atoms with Crippen LogP contribution >= 0.6 is 0 Å². The van der Waals surface area contributed by atoms with Gasteiger partial charge in [0.05, 0.1) is 6.61 Å². The van der Waals surface area contributed by atoms with Crippen LogP contribution in [0, 0.1) is 0 Å². The summed E-state index contributed by atoms with van der Waals surface area (Å²) in [5.41, 5.74) is 0. The van der Waals surface area contributed by atoms with Crippen molar-refractivity contribution in [2.45, 2.75) is 19.8 Å². The van der Waals surface area contributed by atoms with Crippen molar-refractivity contribution in [3.05, 3.63) is 0 Å². The average molecular weight is 108 g/mol. The molecule has 0 radical (unpaired) electrons. The summed E-state index contributed by atoms with van der Waals surface area (Å²) in [6.45, 7) is 2.51. The average Bonchev–Trinajstić information content (AvgIpc) is 1.61. The first-order valence-corrected chi connectivity index (χ1v) is 2.18. The fraction of sp³-hybridized carbons (Fsp3) is 1.00. The number of hydrogen-bond donors (Lipinski definition) is 1. The zero-order valence-corrected chi connectivity index (χ0v) is 4.48. The van der Waals surface area contributed by atoms with E-state index in [1.807, 2.05) is 6.92 Å². The summed E-state index contributed by atoms with van der Waals surface area (Å²) in [6, 6.07) is 0. The normalized spacial score (nSPS) is 7.71. The Labute approximate surface area is 43.2 Å². The number of rotatable bonds is 3. The predicted octanol–water partition coefficient (Wildman–Crippen LogP) is 0.451. The molecule has 0 bridgehead atoms. The van der Waals surface area contributed by atoms with Gasteiger partial charge in [-0.2, -0.15) is 0 Å². The molecule has 0 fully saturated rings. The van der Waals surface area contributed by atoms with Crippen molar-refractivity contribution in [1.82, 2.24) is 0 Å². The van der Waals surface area contributed by atoms with Gasteiger partial charge in [-0.1, -0.05) is 13.3 Å². The molecule has 3 nitrogen and oxygen atoms in total. The van der Waals surface area contributed by atoms with Crippen molar-refractivity contribution in [3.8, 4) is 0 Å². The highest BCUT2D eigenvalue weighted by Gasteiger charge is 1.76. The molecule has 0 amide bonds. The van der Waals surface area contributed by atoms with Crippen LogP contribution in [0.2, 0.25) is 0 Å². The van der Waals surface area contributed by atoms with Crippen LogP contribution in [-0.2, 0) is 4.89 Å². The van der Waals surface area contributed by atoms with E-state index >= 15 is 0 Å². The fourth-order valence-corrected chi connectivity index (χ4v) is 0.209. The van der Waals surface area contributed by atoms with Crippen molar-refractivity contribution in [2.75, 3.05) is 6.61 Å². The van der Waals surface area contributed by atoms with Gasteiger partial charge in [0.2, 0.25) is 0 Å². The smallest absolute Gasteiger partial charge is 0.0819 e. The van der Waals surface area contributed by atoms with Crippen molar-refractivity contribution < 1.29 is 15.6 Å². The molecule has 0 aromatic rings. The molecule has 0 saturated carbocycles. The Morgan fingerprint density at radius 3 is 2.29 bits per heavy atom. The van der Waals surface area contributed by atoms with E-state index in [2.05, 4.69) is 4.89 Å². The standard InChI is InChI=1S/C4H10O2.H2O/c1-2-3-4-6-5;/h5H,2-4H2,1H3;1H2. The Bertz CT molecular complexity index is 18.9. The lowest BCUT2D eigenvalue weighted by Gasteiger charge is -1.87. The Hall–Kier alpha value is -0.120. The van der Waals surface area contributed by atoms with Crippen LogP contribution in [0.25, 0.3) is 0 Å². The van der Waals surface area contributed by atoms with Gasteiger partial charge < -0.3 is 5.48 Å². The minimum atomic E-state index is 0. The van der Waals surface area contributed by atoms with E-state index in [0.29, 0.717) is 6.61 Å². The second-order valence-electron chi connectivity index (χ2n) is 1.19. The van der Waals surface area contributed by atoms with E-state index in [1.54, 1.807) is 0 Å². The molecule has 0 aromatic carbocycles. The summed E-state index contributed by atoms with van der Waals surface area (Å²) in [5, 5.41) is 7.70. The van der Waals surface area contributed by atoms with Crippen LogP contribution in [0.3, 0.4) is 0 Å². The molecular weight excluding hydrogens is 96.0 g/mol. The Morgan fingerprint density at radius 2 is 2.14 bits per heavy atom. The lowest BCUT2D eigenvalue weighted by molar-refractivity contribution is -0.242. The van der Waals surface area contributed by atoms with E-state index < -0.39 is 0 Å². The van der Waals surface area contributed by atoms with Crippen LogP contribution < -0.4 is 0 Å². The Balaban J connectivity index is 0. The molecular formula is C4H12O3. The molecule has 0 saturated heterocycles. The van der Waals surface area contributed by atoms with Crippen LogP contribution in [0.1, 0.15) is 19.8 Å². The lowest BCUT2D eigenvalue weighted by atomic mass is 10.4. The molecule has 0 aliphatic carbocycles. The van der Waals surface area contributed by atoms with Gasteiger partial charge in [0.15, 0.2) is 0 Å². The highest BCUT2D eigenvalue weighted by atomic mass is 17.1. The van der Waals surface area contributed by atoms with E-state index in [1.165, 1.54) is 0 Å². The molecule has 46 valence electrons. The molecule has 7 heavy (non-hydrogen) atoms. The zero-order valence-electron chi connectivity index (χ0n) is 4.48. The summed E-state index contributed by atoms with van der Waals surface area (Å²) >= 11 is 0. The molecule has 3 N–H and O–H groups in total. The first-order chi connectivity index (χ1) is 2.91. The fourth-order valence-electron chi connectivity index (χ4n) is 0.209. The first-order valence-electron chi connectivity index (χ1n) is 2.18. The number of hydrogen-bond acceptors (Lipinski definition) is 2. The second-order valence-corrected chi connectivity index (χ2v) is 1.19. The third-order valence-corrected chi connectivity index (χ3v) is 0.589. The monoisotopic (exact) mass is 108 g/mol. The van der Waals surface area contributed by atoms with Crippen molar-refractivity contribution in [2.24, 2.45) is 0 Å². The molecule has 0 atom stereocenters. The second kappa shape index (κ2) is 9.30. The Kier molecular flexibility index (Phi) is 13.3. The summed E-state index contributed by atoms with van der Waals surface area (Å²) in [5.74, 6) is 0. The van der Waals surface area contributed by atoms with Gasteiger partial charge in [0, 0.05) is 0 Å². The molecule has 3 heteroatoms. The molecule has 0 rings (SSSR count). The van der Waals surface area contributed by atoms with Crippen molar-refractivity contribution in [1.29, 1.82) is 0 Å². The van der Waals surface area contributed by atoms with Crippen molar-refractivity contribution >= 4 is 0 Å². The topological polar surface area (TPSA) is 61.0 Å². The minimum Gasteiger partial charge on any atom is -0.412 e. The highest BCUT2D eigenvalue weighted by Crippen LogP contribution is 1.83. The molecule has 0 unspecified atom stereocenters. The molecule has 0 spiro atoms. The SMILES string of the molecule is CCCCOO.O. The van der Waals surface area contributed by atoms with Crippen LogP contribution in [0.15, 0.2) is 0 Å². The van der Waals surface area contributed by atoms with Gasteiger partial charge in [-0.15, -0.1) is 0 Å². The highest BCUT2D eigenvalue weighted by molar-refractivity contribution is 4.24. The van der Waals surface area contributed by atoms with Gasteiger partial charge >= 0.3 is 0 Å². The third kappa shape index (κ3) is 10.7. The van der Waals surface area contributed by atoms with Gasteiger partial charge in [0.1, 0.15) is 0 Å². The van der Waals surface area contributed by atoms with Crippen LogP contribution in [-0.4, -0.2) is 17.3 Å². The number of unbranched alkanes of at least 4 members (excludes halogenated alkanes) is 1. The lowest BCUT2D eigenvalue weighted by Crippen LogP contribution is -1.84. The van der Waals surface area contributed by atoms with Crippen LogP contribution in [0.4, 0.5) is 0 Å². The quantitative estimate of drug-likeness (QED) is 0.324. The van der Waals surface area contributed by atoms with Gasteiger partial charge in [-0.3, -0.25) is 5.26 Å². The minimum absolute atomic E-state index is 0. The molecule has 0 aromatic heterocycles. The molecule has 0 heterocycles. The maximum Gasteiger partial charge on any atom is 0.0819 e. The summed E-state index contributed by atoms with van der Waals surface area (Å²) in [6.07, 6.45) is 2.01. The summed E-state index contributed by atoms with van der Waals surface area (Å²) in [7, 11) is 0. The Morgan fingerprint density at radius 1 is 1.57 bits per heavy atom. The predicted molar refractivity (Wildman–Crippen MR) is 27.1 cm³/mol. The third-order valence-electron chi connectivity index (χ3n) is 0.589. The van der Waals surface area contributed by atoms with Crippen molar-refractivity contribution in [3.63, 3.8) is 0 Å². The van der Waals surface area contributed by atoms with E-state index in [0.717, 1.165) is 12.8 Å². The van der Waals surface area contributed by atoms with E-state index in [9.17, 15) is 0 Å². The van der Waals surface area contributed by atoms with Gasteiger partial charge in [-0.25, -0.2) is 4.89 Å². The maximum atomic E-state index is 7.70. The first kappa shape index (κ1) is 9.99. The van der Waals surface area contributed by atoms with Gasteiger partial charge in [-0.05, 0) is 6.42 Å². The zero-order chi connectivity index (χ0) is 4.83. The summed E-state index contributed by atoms with van der Waals surface area (Å²) < 4.78 is 0. The van der Waals surface area contributed by atoms with E-state index in [4.69, 9.17) is 5.26 Å². The maximum absolute atomic E-state index is 7.70. The van der Waals surface area contributed by atoms with Gasteiger partial charge in [0.25, 0.3) is 0 Å². The van der Waals surface area contributed by atoms with Crippen LogP contribution in [0.5, 0.6) is 0 Å². The largest absolute Gasteiger partial charge is 0.412 e. The molecule has 0 aliphatic rings. The summed E-state index contributed by atoms with van der Waals surface area (Å²) in [4.78, 5) is 3.78.